The summed E-state index contributed by atoms with van der Waals surface area (Å²) in [7, 11) is 4.06. The summed E-state index contributed by atoms with van der Waals surface area (Å²) in [4.78, 5) is 14.8. The van der Waals surface area contributed by atoms with Crippen molar-refractivity contribution in [2.75, 3.05) is 33.7 Å². The fourth-order valence-electron chi connectivity index (χ4n) is 1.41. The van der Waals surface area contributed by atoms with Gasteiger partial charge in [-0.3, -0.25) is 0 Å². The van der Waals surface area contributed by atoms with Crippen LogP contribution in [0, 0.1) is 0 Å². The molecule has 0 atom stereocenters. The minimum atomic E-state index is -0.0692. The van der Waals surface area contributed by atoms with E-state index >= 15 is 0 Å². The molecule has 0 unspecified atom stereocenters. The molecule has 96 valence electrons. The molecule has 17 heavy (non-hydrogen) atoms. The molecule has 2 amide bonds. The predicted molar refractivity (Wildman–Crippen MR) is 72.6 cm³/mol. The Kier molecular flexibility index (Phi) is 6.65. The largest absolute Gasteiger partial charge is 0.338 e. The third-order valence-corrected chi connectivity index (χ3v) is 3.24. The summed E-state index contributed by atoms with van der Waals surface area (Å²) in [6, 6.07) is 4.04. The van der Waals surface area contributed by atoms with Crippen LogP contribution in [0.15, 0.2) is 17.5 Å². The molecule has 0 aromatic carbocycles. The topological polar surface area (TPSA) is 44.4 Å². The molecule has 1 aromatic heterocycles. The summed E-state index contributed by atoms with van der Waals surface area (Å²) < 4.78 is 0. The zero-order valence-corrected chi connectivity index (χ0v) is 11.3. The second-order valence-electron chi connectivity index (χ2n) is 4.17. The molecule has 0 radical (unpaired) electrons. The standard InChI is InChI=1S/C12H21N3OS/c1-15(2)9-4-7-13-12(16)14-8-6-11-5-3-10-17-11/h3,5,10H,4,6-9H2,1-2H3,(H2,13,14,16). The van der Waals surface area contributed by atoms with E-state index in [2.05, 4.69) is 27.0 Å². The van der Waals surface area contributed by atoms with Gasteiger partial charge in [0.1, 0.15) is 0 Å². The van der Waals surface area contributed by atoms with Crippen molar-refractivity contribution < 1.29 is 4.79 Å². The molecule has 4 nitrogen and oxygen atoms in total. The second kappa shape index (κ2) is 8.08. The molecule has 0 spiro atoms. The molecule has 0 aliphatic carbocycles. The fourth-order valence-corrected chi connectivity index (χ4v) is 2.12. The number of thiophene rings is 1. The van der Waals surface area contributed by atoms with Gasteiger partial charge in [0.05, 0.1) is 0 Å². The zero-order valence-electron chi connectivity index (χ0n) is 10.5. The van der Waals surface area contributed by atoms with Crippen molar-refractivity contribution in [1.82, 2.24) is 15.5 Å². The Hall–Kier alpha value is -1.07. The van der Waals surface area contributed by atoms with Gasteiger partial charge in [0.15, 0.2) is 0 Å². The molecule has 1 rings (SSSR count). The molecule has 1 aromatic rings. The average molecular weight is 255 g/mol. The predicted octanol–water partition coefficient (Wildman–Crippen LogP) is 1.54. The zero-order chi connectivity index (χ0) is 12.5. The molecule has 0 saturated carbocycles. The van der Waals surface area contributed by atoms with E-state index in [-0.39, 0.29) is 6.03 Å². The number of rotatable bonds is 7. The number of nitrogens with zero attached hydrogens (tertiary/aromatic N) is 1. The monoisotopic (exact) mass is 255 g/mol. The van der Waals surface area contributed by atoms with Crippen molar-refractivity contribution in [3.05, 3.63) is 22.4 Å². The highest BCUT2D eigenvalue weighted by Gasteiger charge is 1.99. The van der Waals surface area contributed by atoms with Crippen LogP contribution in [0.5, 0.6) is 0 Å². The van der Waals surface area contributed by atoms with E-state index in [1.54, 1.807) is 11.3 Å². The molecular formula is C12H21N3OS. The summed E-state index contributed by atoms with van der Waals surface area (Å²) in [5.74, 6) is 0. The summed E-state index contributed by atoms with van der Waals surface area (Å²) in [5, 5.41) is 7.75. The van der Waals surface area contributed by atoms with E-state index in [0.717, 1.165) is 25.9 Å². The van der Waals surface area contributed by atoms with Crippen LogP contribution < -0.4 is 10.6 Å². The highest BCUT2D eigenvalue weighted by Crippen LogP contribution is 2.07. The number of hydrogen-bond acceptors (Lipinski definition) is 3. The van der Waals surface area contributed by atoms with E-state index in [1.807, 2.05) is 20.2 Å². The van der Waals surface area contributed by atoms with Crippen LogP contribution in [0.25, 0.3) is 0 Å². The highest BCUT2D eigenvalue weighted by atomic mass is 32.1. The summed E-state index contributed by atoms with van der Waals surface area (Å²) in [5.41, 5.74) is 0. The van der Waals surface area contributed by atoms with Gasteiger partial charge >= 0.3 is 6.03 Å². The molecule has 0 saturated heterocycles. The lowest BCUT2D eigenvalue weighted by atomic mass is 10.3. The van der Waals surface area contributed by atoms with Gasteiger partial charge in [-0.25, -0.2) is 4.79 Å². The molecule has 1 heterocycles. The lowest BCUT2D eigenvalue weighted by Crippen LogP contribution is -2.37. The van der Waals surface area contributed by atoms with Crippen LogP contribution in [0.2, 0.25) is 0 Å². The first-order valence-corrected chi connectivity index (χ1v) is 6.75. The number of urea groups is 1. The summed E-state index contributed by atoms with van der Waals surface area (Å²) >= 11 is 1.72. The third kappa shape index (κ3) is 6.97. The first-order chi connectivity index (χ1) is 8.18. The first kappa shape index (κ1) is 14.0. The van der Waals surface area contributed by atoms with Crippen molar-refractivity contribution in [2.45, 2.75) is 12.8 Å². The van der Waals surface area contributed by atoms with Crippen LogP contribution in [-0.4, -0.2) is 44.7 Å². The fraction of sp³-hybridized carbons (Fsp3) is 0.583. The Morgan fingerprint density at radius 2 is 2.12 bits per heavy atom. The van der Waals surface area contributed by atoms with Crippen LogP contribution in [0.1, 0.15) is 11.3 Å². The van der Waals surface area contributed by atoms with E-state index in [4.69, 9.17) is 0 Å². The van der Waals surface area contributed by atoms with Gasteiger partial charge in [-0.2, -0.15) is 0 Å². The number of amides is 2. The maximum absolute atomic E-state index is 11.4. The van der Waals surface area contributed by atoms with Crippen molar-refractivity contribution in [2.24, 2.45) is 0 Å². The van der Waals surface area contributed by atoms with Gasteiger partial charge < -0.3 is 15.5 Å². The number of hydrogen-bond donors (Lipinski definition) is 2. The molecule has 5 heteroatoms. The van der Waals surface area contributed by atoms with Crippen LogP contribution in [0.4, 0.5) is 4.79 Å². The second-order valence-corrected chi connectivity index (χ2v) is 5.20. The van der Waals surface area contributed by atoms with E-state index in [0.29, 0.717) is 6.54 Å². The lowest BCUT2D eigenvalue weighted by molar-refractivity contribution is 0.240. The number of carbonyl (C=O) groups excluding carboxylic acids is 1. The van der Waals surface area contributed by atoms with Gasteiger partial charge in [0.2, 0.25) is 0 Å². The third-order valence-electron chi connectivity index (χ3n) is 2.30. The Balaban J connectivity index is 1.98. The van der Waals surface area contributed by atoms with Crippen molar-refractivity contribution >= 4 is 17.4 Å². The molecule has 0 aliphatic heterocycles. The van der Waals surface area contributed by atoms with E-state index < -0.39 is 0 Å². The Bertz CT molecular complexity index is 312. The Morgan fingerprint density at radius 1 is 1.35 bits per heavy atom. The SMILES string of the molecule is CN(C)CCCNC(=O)NCCc1cccs1. The van der Waals surface area contributed by atoms with Crippen LogP contribution in [0.3, 0.4) is 0 Å². The van der Waals surface area contributed by atoms with Crippen molar-refractivity contribution in [3.8, 4) is 0 Å². The minimum absolute atomic E-state index is 0.0692. The molecule has 2 N–H and O–H groups in total. The molecule has 0 aliphatic rings. The summed E-state index contributed by atoms with van der Waals surface area (Å²) in [6.07, 6.45) is 1.88. The Morgan fingerprint density at radius 3 is 2.76 bits per heavy atom. The summed E-state index contributed by atoms with van der Waals surface area (Å²) in [6.45, 7) is 2.42. The van der Waals surface area contributed by atoms with Crippen molar-refractivity contribution in [1.29, 1.82) is 0 Å². The number of carbonyl (C=O) groups is 1. The van der Waals surface area contributed by atoms with Gasteiger partial charge in [0, 0.05) is 18.0 Å². The normalized spacial score (nSPS) is 10.5. The van der Waals surface area contributed by atoms with Crippen molar-refractivity contribution in [3.63, 3.8) is 0 Å². The smallest absolute Gasteiger partial charge is 0.314 e. The molecule has 0 bridgehead atoms. The number of nitrogens with one attached hydrogen (secondary N) is 2. The van der Waals surface area contributed by atoms with E-state index in [1.165, 1.54) is 4.88 Å². The van der Waals surface area contributed by atoms with Gasteiger partial charge in [-0.1, -0.05) is 6.07 Å². The van der Waals surface area contributed by atoms with E-state index in [9.17, 15) is 4.79 Å². The lowest BCUT2D eigenvalue weighted by Gasteiger charge is -2.10. The quantitative estimate of drug-likeness (QED) is 0.726. The van der Waals surface area contributed by atoms with Crippen LogP contribution >= 0.6 is 11.3 Å². The maximum Gasteiger partial charge on any atom is 0.314 e. The Labute approximate surface area is 107 Å². The highest BCUT2D eigenvalue weighted by molar-refractivity contribution is 7.09. The van der Waals surface area contributed by atoms with Gasteiger partial charge in [-0.05, 0) is 44.9 Å². The first-order valence-electron chi connectivity index (χ1n) is 5.87. The maximum atomic E-state index is 11.4. The average Bonchev–Trinajstić information content (AvgIpc) is 2.77. The minimum Gasteiger partial charge on any atom is -0.338 e. The van der Waals surface area contributed by atoms with Gasteiger partial charge in [0.25, 0.3) is 0 Å². The molecule has 0 fully saturated rings. The molecular weight excluding hydrogens is 234 g/mol. The van der Waals surface area contributed by atoms with Gasteiger partial charge in [-0.15, -0.1) is 11.3 Å². The van der Waals surface area contributed by atoms with Crippen LogP contribution in [-0.2, 0) is 6.42 Å².